The highest BCUT2D eigenvalue weighted by Gasteiger charge is 2.21. The van der Waals surface area contributed by atoms with Crippen molar-refractivity contribution in [2.45, 2.75) is 149 Å². The Kier molecular flexibility index (Phi) is 30.5. The first-order valence-corrected chi connectivity index (χ1v) is 21.5. The number of unbranched alkanes of at least 4 members (excludes halogenated alkanes) is 12. The summed E-state index contributed by atoms with van der Waals surface area (Å²) in [5, 5.41) is 0. The van der Waals surface area contributed by atoms with Gasteiger partial charge in [-0.25, -0.2) is 4.79 Å². The van der Waals surface area contributed by atoms with Crippen LogP contribution in [0, 0.1) is 0 Å². The van der Waals surface area contributed by atoms with E-state index in [9.17, 15) is 19.2 Å². The average Bonchev–Trinajstić information content (AvgIpc) is 3.18. The molecule has 12 nitrogen and oxygen atoms in total. The first-order chi connectivity index (χ1) is 27.1. The molecule has 0 aromatic heterocycles. The van der Waals surface area contributed by atoms with E-state index < -0.39 is 11.9 Å². The molecule has 1 aromatic carbocycles. The van der Waals surface area contributed by atoms with Gasteiger partial charge in [0.25, 0.3) is 0 Å². The van der Waals surface area contributed by atoms with Crippen molar-refractivity contribution in [3.63, 3.8) is 0 Å². The molecule has 322 valence electrons. The van der Waals surface area contributed by atoms with Gasteiger partial charge in [0, 0.05) is 25.8 Å². The molecule has 56 heavy (non-hydrogen) atoms. The fourth-order valence-corrected chi connectivity index (χ4v) is 6.17. The summed E-state index contributed by atoms with van der Waals surface area (Å²) >= 11 is 0. The largest absolute Gasteiger partial charge is 0.493 e. The normalized spacial score (nSPS) is 11.1. The summed E-state index contributed by atoms with van der Waals surface area (Å²) in [6.07, 6.45) is 18.9. The second-order valence-electron chi connectivity index (χ2n) is 14.8. The van der Waals surface area contributed by atoms with Crippen molar-refractivity contribution in [3.05, 3.63) is 17.7 Å². The van der Waals surface area contributed by atoms with Crippen LogP contribution in [0.25, 0.3) is 0 Å². The molecular weight excluding hydrogens is 716 g/mol. The van der Waals surface area contributed by atoms with Crippen LogP contribution in [0.2, 0.25) is 0 Å². The Morgan fingerprint density at radius 3 is 1.43 bits per heavy atom. The molecule has 0 radical (unpaired) electrons. The zero-order valence-electron chi connectivity index (χ0n) is 35.9. The maximum Gasteiger partial charge on any atom is 0.338 e. The molecule has 1 rings (SSSR count). The third kappa shape index (κ3) is 25.7. The average molecular weight is 793 g/mol. The van der Waals surface area contributed by atoms with Gasteiger partial charge in [-0.05, 0) is 97.2 Å². The van der Waals surface area contributed by atoms with Gasteiger partial charge >= 0.3 is 23.9 Å². The maximum absolute atomic E-state index is 13.1. The van der Waals surface area contributed by atoms with Crippen molar-refractivity contribution in [1.82, 2.24) is 9.80 Å². The molecule has 0 saturated carbocycles. The van der Waals surface area contributed by atoms with E-state index in [2.05, 4.69) is 18.7 Å². The van der Waals surface area contributed by atoms with Crippen molar-refractivity contribution >= 4 is 23.9 Å². The topological polar surface area (TPSA) is 130 Å². The lowest BCUT2D eigenvalue weighted by Crippen LogP contribution is -2.28. The van der Waals surface area contributed by atoms with Crippen molar-refractivity contribution in [3.8, 4) is 17.2 Å². The Hall–Kier alpha value is -3.38. The quantitative estimate of drug-likeness (QED) is 0.0278. The number of hydrogen-bond acceptors (Lipinski definition) is 12. The molecule has 0 N–H and O–H groups in total. The summed E-state index contributed by atoms with van der Waals surface area (Å²) in [5.74, 6) is -0.528. The van der Waals surface area contributed by atoms with Gasteiger partial charge in [0.05, 0.1) is 39.6 Å². The lowest BCUT2D eigenvalue weighted by molar-refractivity contribution is -0.144. The molecule has 0 spiro atoms. The predicted octanol–water partition coefficient (Wildman–Crippen LogP) is 8.95. The molecule has 0 aliphatic heterocycles. The van der Waals surface area contributed by atoms with Crippen LogP contribution >= 0.6 is 0 Å². The summed E-state index contributed by atoms with van der Waals surface area (Å²) in [5.41, 5.74) is 0.250. The lowest BCUT2D eigenvalue weighted by atomic mass is 10.1. The molecular formula is C44H76N2O10. The van der Waals surface area contributed by atoms with Crippen LogP contribution in [0.15, 0.2) is 12.1 Å². The van der Waals surface area contributed by atoms with Crippen LogP contribution < -0.4 is 14.2 Å². The van der Waals surface area contributed by atoms with Gasteiger partial charge in [0.1, 0.15) is 0 Å². The minimum atomic E-state index is -0.506. The van der Waals surface area contributed by atoms with E-state index in [0.717, 1.165) is 129 Å². The molecule has 1 aromatic rings. The SMILES string of the molecule is CCCCCOC(=O)CCCCCCCN(CCCCCCCC(=O)OCCCCC)CCCC(=O)Oc1c(OC)cc(C(=O)OCCCN(C)C)cc1OC. The second-order valence-corrected chi connectivity index (χ2v) is 14.8. The zero-order chi connectivity index (χ0) is 41.2. The van der Waals surface area contributed by atoms with Crippen LogP contribution in [0.3, 0.4) is 0 Å². The van der Waals surface area contributed by atoms with E-state index in [0.29, 0.717) is 38.9 Å². The number of ether oxygens (including phenoxy) is 6. The van der Waals surface area contributed by atoms with E-state index in [1.54, 1.807) is 0 Å². The molecule has 0 fully saturated rings. The minimum absolute atomic E-state index is 0.0894. The zero-order valence-corrected chi connectivity index (χ0v) is 35.9. The number of carbonyl (C=O) groups excluding carboxylic acids is 4. The van der Waals surface area contributed by atoms with Gasteiger partial charge in [0.2, 0.25) is 5.75 Å². The van der Waals surface area contributed by atoms with Crippen molar-refractivity contribution in [1.29, 1.82) is 0 Å². The van der Waals surface area contributed by atoms with Crippen LogP contribution in [0.4, 0.5) is 0 Å². The summed E-state index contributed by atoms with van der Waals surface area (Å²) in [6, 6.07) is 3.00. The first kappa shape index (κ1) is 50.6. The summed E-state index contributed by atoms with van der Waals surface area (Å²) in [7, 11) is 6.81. The van der Waals surface area contributed by atoms with Crippen LogP contribution in [-0.4, -0.2) is 108 Å². The molecule has 0 atom stereocenters. The van der Waals surface area contributed by atoms with Crippen molar-refractivity contribution < 1.29 is 47.6 Å². The van der Waals surface area contributed by atoms with Gasteiger partial charge in [-0.2, -0.15) is 0 Å². The summed E-state index contributed by atoms with van der Waals surface area (Å²) in [4.78, 5) is 54.1. The highest BCUT2D eigenvalue weighted by molar-refractivity contribution is 5.91. The van der Waals surface area contributed by atoms with Gasteiger partial charge in [-0.15, -0.1) is 0 Å². The van der Waals surface area contributed by atoms with Gasteiger partial charge < -0.3 is 38.2 Å². The Labute approximate surface area is 338 Å². The number of hydrogen-bond donors (Lipinski definition) is 0. The molecule has 0 aliphatic carbocycles. The van der Waals surface area contributed by atoms with Crippen molar-refractivity contribution in [2.75, 3.05) is 74.3 Å². The van der Waals surface area contributed by atoms with Crippen LogP contribution in [0.5, 0.6) is 17.2 Å². The molecule has 0 amide bonds. The monoisotopic (exact) mass is 793 g/mol. The molecule has 0 unspecified atom stereocenters. The molecule has 0 aliphatic rings. The maximum atomic E-state index is 13.1. The number of carbonyl (C=O) groups is 4. The standard InChI is InChI=1S/C44H76N2O10/c1-7-9-21-32-53-40(47)25-17-13-11-15-19-29-46(30-20-16-12-14-18-26-41(48)54-33-22-10-8-2)31-23-27-42(49)56-43-38(51-5)35-37(36-39(43)52-6)44(50)55-34-24-28-45(3)4/h35-36H,7-34H2,1-6H3. The summed E-state index contributed by atoms with van der Waals surface area (Å²) in [6.45, 7) is 9.03. The minimum Gasteiger partial charge on any atom is -0.493 e. The van der Waals surface area contributed by atoms with E-state index in [1.807, 2.05) is 19.0 Å². The molecule has 12 heteroatoms. The predicted molar refractivity (Wildman–Crippen MR) is 221 cm³/mol. The van der Waals surface area contributed by atoms with Crippen molar-refractivity contribution in [2.24, 2.45) is 0 Å². The fraction of sp³-hybridized carbons (Fsp3) is 0.773. The Morgan fingerprint density at radius 1 is 0.500 bits per heavy atom. The third-order valence-electron chi connectivity index (χ3n) is 9.48. The smallest absolute Gasteiger partial charge is 0.338 e. The Balaban J connectivity index is 2.62. The van der Waals surface area contributed by atoms with Crippen LogP contribution in [-0.2, 0) is 28.6 Å². The first-order valence-electron chi connectivity index (χ1n) is 21.5. The number of nitrogens with zero attached hydrogens (tertiary/aromatic N) is 2. The van der Waals surface area contributed by atoms with Crippen LogP contribution in [0.1, 0.15) is 159 Å². The van der Waals surface area contributed by atoms with Gasteiger partial charge in [0.15, 0.2) is 11.5 Å². The fourth-order valence-electron chi connectivity index (χ4n) is 6.17. The van der Waals surface area contributed by atoms with Gasteiger partial charge in [-0.1, -0.05) is 78.1 Å². The summed E-state index contributed by atoms with van der Waals surface area (Å²) < 4.78 is 32.8. The third-order valence-corrected chi connectivity index (χ3v) is 9.48. The number of esters is 4. The second kappa shape index (κ2) is 33.7. The van der Waals surface area contributed by atoms with E-state index >= 15 is 0 Å². The highest BCUT2D eigenvalue weighted by Crippen LogP contribution is 2.39. The molecule has 0 bridgehead atoms. The molecule has 0 saturated heterocycles. The number of methoxy groups -OCH3 is 2. The van der Waals surface area contributed by atoms with E-state index in [4.69, 9.17) is 28.4 Å². The van der Waals surface area contributed by atoms with E-state index in [1.165, 1.54) is 26.4 Å². The van der Waals surface area contributed by atoms with Gasteiger partial charge in [-0.3, -0.25) is 14.4 Å². The number of benzene rings is 1. The van der Waals surface area contributed by atoms with E-state index in [-0.39, 0.29) is 47.8 Å². The highest BCUT2D eigenvalue weighted by atomic mass is 16.6. The number of rotatable bonds is 36. The Morgan fingerprint density at radius 2 is 0.946 bits per heavy atom. The lowest BCUT2D eigenvalue weighted by Gasteiger charge is -2.22. The Bertz CT molecular complexity index is 1150. The molecule has 0 heterocycles.